The summed E-state index contributed by atoms with van der Waals surface area (Å²) in [5, 5.41) is 3.50. The SMILES string of the molecule is CN(C)c1nccc(NC2CCN(c3nccn4ccnc34)C2)n1. The Morgan fingerprint density at radius 2 is 1.96 bits per heavy atom. The number of imidazole rings is 1. The predicted molar refractivity (Wildman–Crippen MR) is 93.6 cm³/mol. The minimum Gasteiger partial charge on any atom is -0.365 e. The maximum Gasteiger partial charge on any atom is 0.226 e. The van der Waals surface area contributed by atoms with E-state index >= 15 is 0 Å². The van der Waals surface area contributed by atoms with Gasteiger partial charge in [-0.3, -0.25) is 0 Å². The van der Waals surface area contributed by atoms with Crippen molar-refractivity contribution in [2.75, 3.05) is 42.3 Å². The molecule has 1 aliphatic heterocycles. The van der Waals surface area contributed by atoms with Crippen molar-refractivity contribution < 1.29 is 0 Å². The first-order valence-corrected chi connectivity index (χ1v) is 8.00. The molecule has 8 heteroatoms. The molecule has 1 aliphatic rings. The summed E-state index contributed by atoms with van der Waals surface area (Å²) in [6, 6.07) is 2.23. The van der Waals surface area contributed by atoms with Gasteiger partial charge in [-0.15, -0.1) is 0 Å². The number of nitrogens with zero attached hydrogens (tertiary/aromatic N) is 7. The van der Waals surface area contributed by atoms with Gasteiger partial charge in [0.2, 0.25) is 5.95 Å². The van der Waals surface area contributed by atoms with Crippen molar-refractivity contribution in [3.63, 3.8) is 0 Å². The summed E-state index contributed by atoms with van der Waals surface area (Å²) in [6.07, 6.45) is 10.3. The maximum atomic E-state index is 4.53. The van der Waals surface area contributed by atoms with Crippen LogP contribution in [0.5, 0.6) is 0 Å². The minimum atomic E-state index is 0.326. The fourth-order valence-corrected chi connectivity index (χ4v) is 2.99. The van der Waals surface area contributed by atoms with Crippen LogP contribution in [-0.2, 0) is 0 Å². The fraction of sp³-hybridized carbons (Fsp3) is 0.375. The van der Waals surface area contributed by atoms with Gasteiger partial charge in [0.1, 0.15) is 5.82 Å². The van der Waals surface area contributed by atoms with Gasteiger partial charge in [-0.2, -0.15) is 4.98 Å². The Balaban J connectivity index is 1.49. The van der Waals surface area contributed by atoms with Crippen LogP contribution in [0, 0.1) is 0 Å². The number of aromatic nitrogens is 5. The molecular weight excluding hydrogens is 304 g/mol. The number of hydrogen-bond acceptors (Lipinski definition) is 7. The third-order valence-corrected chi connectivity index (χ3v) is 4.18. The second kappa shape index (κ2) is 5.95. The van der Waals surface area contributed by atoms with Gasteiger partial charge < -0.3 is 19.5 Å². The molecule has 1 fully saturated rings. The van der Waals surface area contributed by atoms with E-state index in [0.29, 0.717) is 12.0 Å². The Hall–Kier alpha value is -2.90. The topological polar surface area (TPSA) is 74.5 Å². The van der Waals surface area contributed by atoms with E-state index < -0.39 is 0 Å². The van der Waals surface area contributed by atoms with Gasteiger partial charge in [0.25, 0.3) is 0 Å². The molecule has 3 aromatic heterocycles. The molecule has 0 bridgehead atoms. The third-order valence-electron chi connectivity index (χ3n) is 4.18. The van der Waals surface area contributed by atoms with Crippen molar-refractivity contribution in [2.24, 2.45) is 0 Å². The Kier molecular flexibility index (Phi) is 3.64. The van der Waals surface area contributed by atoms with Gasteiger partial charge in [-0.05, 0) is 12.5 Å². The lowest BCUT2D eigenvalue weighted by Gasteiger charge is -2.19. The molecule has 0 saturated carbocycles. The first kappa shape index (κ1) is 14.7. The number of fused-ring (bicyclic) bond motifs is 1. The summed E-state index contributed by atoms with van der Waals surface area (Å²) in [5.41, 5.74) is 0.898. The first-order valence-electron chi connectivity index (χ1n) is 8.00. The highest BCUT2D eigenvalue weighted by Gasteiger charge is 2.25. The second-order valence-corrected chi connectivity index (χ2v) is 6.12. The van der Waals surface area contributed by atoms with E-state index in [4.69, 9.17) is 0 Å². The molecule has 1 saturated heterocycles. The summed E-state index contributed by atoms with van der Waals surface area (Å²) in [6.45, 7) is 1.82. The molecular formula is C16H20N8. The molecule has 0 radical (unpaired) electrons. The number of rotatable bonds is 4. The van der Waals surface area contributed by atoms with Gasteiger partial charge in [-0.1, -0.05) is 0 Å². The maximum absolute atomic E-state index is 4.53. The van der Waals surface area contributed by atoms with E-state index in [-0.39, 0.29) is 0 Å². The molecule has 8 nitrogen and oxygen atoms in total. The Morgan fingerprint density at radius 3 is 2.79 bits per heavy atom. The van der Waals surface area contributed by atoms with E-state index in [1.807, 2.05) is 48.1 Å². The smallest absolute Gasteiger partial charge is 0.226 e. The average molecular weight is 324 g/mol. The van der Waals surface area contributed by atoms with Crippen molar-refractivity contribution in [1.29, 1.82) is 0 Å². The summed E-state index contributed by atoms with van der Waals surface area (Å²) < 4.78 is 2.00. The lowest BCUT2D eigenvalue weighted by atomic mass is 10.2. The molecule has 4 heterocycles. The van der Waals surface area contributed by atoms with Crippen molar-refractivity contribution in [3.05, 3.63) is 37.1 Å². The zero-order valence-corrected chi connectivity index (χ0v) is 13.8. The summed E-state index contributed by atoms with van der Waals surface area (Å²) in [5.74, 6) is 2.50. The quantitative estimate of drug-likeness (QED) is 0.775. The fourth-order valence-electron chi connectivity index (χ4n) is 2.99. The number of nitrogens with one attached hydrogen (secondary N) is 1. The van der Waals surface area contributed by atoms with Crippen LogP contribution in [0.4, 0.5) is 17.6 Å². The Morgan fingerprint density at radius 1 is 1.12 bits per heavy atom. The molecule has 1 atom stereocenters. The largest absolute Gasteiger partial charge is 0.365 e. The van der Waals surface area contributed by atoms with Crippen LogP contribution in [0.1, 0.15) is 6.42 Å². The normalized spacial score (nSPS) is 17.4. The lowest BCUT2D eigenvalue weighted by Crippen LogP contribution is -2.27. The van der Waals surface area contributed by atoms with E-state index in [0.717, 1.165) is 36.8 Å². The van der Waals surface area contributed by atoms with E-state index in [1.54, 1.807) is 12.4 Å². The molecule has 3 aromatic rings. The predicted octanol–water partition coefficient (Wildman–Crippen LogP) is 1.28. The van der Waals surface area contributed by atoms with E-state index in [9.17, 15) is 0 Å². The number of hydrogen-bond donors (Lipinski definition) is 1. The molecule has 4 rings (SSSR count). The van der Waals surface area contributed by atoms with Crippen LogP contribution < -0.4 is 15.1 Å². The summed E-state index contributed by atoms with van der Waals surface area (Å²) in [7, 11) is 3.88. The van der Waals surface area contributed by atoms with Crippen LogP contribution in [0.15, 0.2) is 37.1 Å². The van der Waals surface area contributed by atoms with Gasteiger partial charge in [-0.25, -0.2) is 15.0 Å². The lowest BCUT2D eigenvalue weighted by molar-refractivity contribution is 0.797. The van der Waals surface area contributed by atoms with E-state index in [1.165, 1.54) is 0 Å². The van der Waals surface area contributed by atoms with Crippen LogP contribution in [0.2, 0.25) is 0 Å². The monoisotopic (exact) mass is 324 g/mol. The molecule has 1 N–H and O–H groups in total. The van der Waals surface area contributed by atoms with Crippen LogP contribution in [0.3, 0.4) is 0 Å². The van der Waals surface area contributed by atoms with Crippen LogP contribution in [0.25, 0.3) is 5.65 Å². The second-order valence-electron chi connectivity index (χ2n) is 6.12. The van der Waals surface area contributed by atoms with Crippen molar-refractivity contribution in [3.8, 4) is 0 Å². The summed E-state index contributed by atoms with van der Waals surface area (Å²) in [4.78, 5) is 21.9. The molecule has 0 spiro atoms. The van der Waals surface area contributed by atoms with Gasteiger partial charge in [0, 0.05) is 64.2 Å². The first-order chi connectivity index (χ1) is 11.7. The minimum absolute atomic E-state index is 0.326. The third kappa shape index (κ3) is 2.70. The Bertz CT molecular complexity index is 843. The van der Waals surface area contributed by atoms with Gasteiger partial charge >= 0.3 is 0 Å². The van der Waals surface area contributed by atoms with Crippen molar-refractivity contribution in [2.45, 2.75) is 12.5 Å². The Labute approximate surface area is 140 Å². The highest BCUT2D eigenvalue weighted by Crippen LogP contribution is 2.23. The zero-order chi connectivity index (χ0) is 16.5. The van der Waals surface area contributed by atoms with E-state index in [2.05, 4.69) is 30.2 Å². The highest BCUT2D eigenvalue weighted by molar-refractivity contribution is 5.64. The van der Waals surface area contributed by atoms with Crippen molar-refractivity contribution >= 4 is 23.2 Å². The standard InChI is InChI=1S/C16H20N8/c1-22(2)16-19-5-3-13(21-16)20-12-4-8-24(11-12)15-14-17-6-9-23(14)10-7-18-15/h3,5-7,9-10,12H,4,8,11H2,1-2H3,(H,19,20,21). The summed E-state index contributed by atoms with van der Waals surface area (Å²) >= 11 is 0. The molecule has 0 amide bonds. The highest BCUT2D eigenvalue weighted by atomic mass is 15.3. The molecule has 24 heavy (non-hydrogen) atoms. The molecule has 0 aromatic carbocycles. The van der Waals surface area contributed by atoms with Crippen molar-refractivity contribution in [1.82, 2.24) is 24.3 Å². The van der Waals surface area contributed by atoms with Gasteiger partial charge in [0.15, 0.2) is 11.5 Å². The molecule has 0 aliphatic carbocycles. The molecule has 1 unspecified atom stereocenters. The molecule has 124 valence electrons. The number of anilines is 3. The zero-order valence-electron chi connectivity index (χ0n) is 13.8. The van der Waals surface area contributed by atoms with Gasteiger partial charge in [0.05, 0.1) is 0 Å². The van der Waals surface area contributed by atoms with Crippen LogP contribution >= 0.6 is 0 Å². The van der Waals surface area contributed by atoms with Crippen LogP contribution in [-0.4, -0.2) is 57.6 Å². The average Bonchev–Trinajstić information content (AvgIpc) is 3.23.